The molecule has 33 heavy (non-hydrogen) atoms. The lowest BCUT2D eigenvalue weighted by Gasteiger charge is -2.07. The lowest BCUT2D eigenvalue weighted by Crippen LogP contribution is -2.30. The number of hydrogen-bond donors (Lipinski definition) is 2. The van der Waals surface area contributed by atoms with Gasteiger partial charge in [-0.3, -0.25) is 14.4 Å². The maximum atomic E-state index is 11.3. The van der Waals surface area contributed by atoms with Crippen molar-refractivity contribution in [3.63, 3.8) is 0 Å². The van der Waals surface area contributed by atoms with E-state index in [9.17, 15) is 14.4 Å². The molecule has 0 heterocycles. The van der Waals surface area contributed by atoms with Crippen LogP contribution in [0.1, 0.15) is 69.4 Å². The van der Waals surface area contributed by atoms with Crippen molar-refractivity contribution in [2.24, 2.45) is 5.92 Å². The first-order valence-corrected chi connectivity index (χ1v) is 11.3. The number of Topliss-reactive ketones (excluding diaryl/α,β-unsaturated/α-hetero) is 2. The van der Waals surface area contributed by atoms with E-state index in [0.29, 0.717) is 6.42 Å². The molecule has 0 aliphatic carbocycles. The number of hydrogen-bond acceptors (Lipinski definition) is 4. The Labute approximate surface area is 199 Å². The second-order valence-corrected chi connectivity index (χ2v) is 6.86. The van der Waals surface area contributed by atoms with Crippen LogP contribution in [0.25, 0.3) is 17.2 Å². The molecule has 182 valence electrons. The van der Waals surface area contributed by atoms with Crippen LogP contribution in [0, 0.1) is 12.8 Å². The van der Waals surface area contributed by atoms with E-state index >= 15 is 0 Å². The standard InChI is InChI=1S/C18H18O.C7H13NO2.C2H6.CH4O/c1-4-5-17-12-18(7-6-13(17)2)16-10-8-15(9-11-16)14(3)19;1-4-6(9)5(2)7(10)8-3;2*1-2/h4-12H,1-3H3;5H,4H2,1-3H3,(H,8,10);1-2H3;2H,1H3/b5-4-;;;. The van der Waals surface area contributed by atoms with Crippen molar-refractivity contribution in [3.05, 3.63) is 65.2 Å². The number of carbonyl (C=O) groups is 3. The van der Waals surface area contributed by atoms with Gasteiger partial charge in [-0.15, -0.1) is 0 Å². The van der Waals surface area contributed by atoms with Crippen molar-refractivity contribution < 1.29 is 19.5 Å². The summed E-state index contributed by atoms with van der Waals surface area (Å²) < 4.78 is 0. The second-order valence-electron chi connectivity index (χ2n) is 6.86. The second kappa shape index (κ2) is 18.5. The average molecular weight is 456 g/mol. The topological polar surface area (TPSA) is 83.5 Å². The lowest BCUT2D eigenvalue weighted by molar-refractivity contribution is -0.132. The van der Waals surface area contributed by atoms with E-state index < -0.39 is 5.92 Å². The Morgan fingerprint density at radius 1 is 1.00 bits per heavy atom. The molecule has 2 N–H and O–H groups in total. The molecule has 0 radical (unpaired) electrons. The van der Waals surface area contributed by atoms with E-state index in [0.717, 1.165) is 18.2 Å². The van der Waals surface area contributed by atoms with Gasteiger partial charge in [-0.05, 0) is 56.0 Å². The summed E-state index contributed by atoms with van der Waals surface area (Å²) >= 11 is 0. The van der Waals surface area contributed by atoms with Gasteiger partial charge in [0.05, 0.1) is 5.92 Å². The highest BCUT2D eigenvalue weighted by Crippen LogP contribution is 2.23. The summed E-state index contributed by atoms with van der Waals surface area (Å²) in [5.41, 5.74) is 5.56. The molecule has 2 aromatic carbocycles. The van der Waals surface area contributed by atoms with E-state index in [-0.39, 0.29) is 17.5 Å². The van der Waals surface area contributed by atoms with Gasteiger partial charge in [0.2, 0.25) is 5.91 Å². The van der Waals surface area contributed by atoms with Crippen LogP contribution in [0.3, 0.4) is 0 Å². The number of benzene rings is 2. The number of nitrogens with one attached hydrogen (secondary N) is 1. The van der Waals surface area contributed by atoms with Crippen LogP contribution in [0.4, 0.5) is 0 Å². The van der Waals surface area contributed by atoms with Crippen molar-refractivity contribution >= 4 is 23.5 Å². The van der Waals surface area contributed by atoms with Crippen molar-refractivity contribution in [2.45, 2.75) is 54.9 Å². The number of rotatable bonds is 6. The fraction of sp³-hybridized carbons (Fsp3) is 0.393. The lowest BCUT2D eigenvalue weighted by atomic mass is 9.98. The zero-order valence-corrected chi connectivity index (χ0v) is 21.7. The minimum absolute atomic E-state index is 0.0145. The van der Waals surface area contributed by atoms with E-state index in [1.54, 1.807) is 20.8 Å². The predicted molar refractivity (Wildman–Crippen MR) is 139 cm³/mol. The Bertz CT molecular complexity index is 867. The molecule has 1 amide bonds. The Morgan fingerprint density at radius 2 is 1.52 bits per heavy atom. The summed E-state index contributed by atoms with van der Waals surface area (Å²) in [7, 11) is 2.53. The quantitative estimate of drug-likeness (QED) is 0.421. The minimum Gasteiger partial charge on any atom is -0.400 e. The third-order valence-corrected chi connectivity index (χ3v) is 4.72. The van der Waals surface area contributed by atoms with E-state index in [1.807, 2.05) is 51.1 Å². The molecule has 0 aliphatic heterocycles. The Kier molecular flexibility index (Phi) is 18.0. The number of amides is 1. The first kappa shape index (κ1) is 32.1. The van der Waals surface area contributed by atoms with Crippen LogP contribution in [-0.4, -0.2) is 36.7 Å². The van der Waals surface area contributed by atoms with Crippen molar-refractivity contribution in [1.82, 2.24) is 5.32 Å². The first-order valence-electron chi connectivity index (χ1n) is 11.3. The van der Waals surface area contributed by atoms with Crippen LogP contribution >= 0.6 is 0 Å². The number of aliphatic hydroxyl groups excluding tert-OH is 1. The summed E-state index contributed by atoms with van der Waals surface area (Å²) in [6.07, 6.45) is 4.59. The molecule has 0 spiro atoms. The summed E-state index contributed by atoms with van der Waals surface area (Å²) in [6.45, 7) is 13.1. The first-order chi connectivity index (χ1) is 15.7. The highest BCUT2D eigenvalue weighted by atomic mass is 16.2. The molecule has 0 saturated carbocycles. The molecule has 1 unspecified atom stereocenters. The van der Waals surface area contributed by atoms with E-state index in [2.05, 4.69) is 36.5 Å². The molecule has 2 aromatic rings. The Morgan fingerprint density at radius 3 is 1.94 bits per heavy atom. The molecular formula is C28H41NO4. The maximum Gasteiger partial charge on any atom is 0.230 e. The molecule has 5 nitrogen and oxygen atoms in total. The number of aliphatic hydroxyl groups is 1. The van der Waals surface area contributed by atoms with Gasteiger partial charge in [0, 0.05) is 26.1 Å². The average Bonchev–Trinajstić information content (AvgIpc) is 2.87. The van der Waals surface area contributed by atoms with E-state index in [4.69, 9.17) is 5.11 Å². The van der Waals surface area contributed by atoms with Gasteiger partial charge in [-0.25, -0.2) is 0 Å². The van der Waals surface area contributed by atoms with Crippen molar-refractivity contribution in [1.29, 1.82) is 0 Å². The van der Waals surface area contributed by atoms with Crippen LogP contribution in [-0.2, 0) is 9.59 Å². The van der Waals surface area contributed by atoms with Gasteiger partial charge >= 0.3 is 0 Å². The summed E-state index contributed by atoms with van der Waals surface area (Å²) in [5.74, 6) is -0.605. The SMILES string of the molecule is C/C=C\c1cc(-c2ccc(C(C)=O)cc2)ccc1C.CC.CCC(=O)C(C)C(=O)NC.CO. The summed E-state index contributed by atoms with van der Waals surface area (Å²) in [6, 6.07) is 14.2. The highest BCUT2D eigenvalue weighted by Gasteiger charge is 2.17. The van der Waals surface area contributed by atoms with E-state index in [1.165, 1.54) is 23.7 Å². The zero-order chi connectivity index (χ0) is 26.0. The monoisotopic (exact) mass is 455 g/mol. The molecule has 1 atom stereocenters. The Hall–Kier alpha value is -3.05. The van der Waals surface area contributed by atoms with Crippen molar-refractivity contribution in [2.75, 3.05) is 14.2 Å². The Balaban J connectivity index is 0. The van der Waals surface area contributed by atoms with Gasteiger partial charge in [0.15, 0.2) is 5.78 Å². The predicted octanol–water partition coefficient (Wildman–Crippen LogP) is 5.88. The van der Waals surface area contributed by atoms with Crippen molar-refractivity contribution in [3.8, 4) is 11.1 Å². The third kappa shape index (κ3) is 11.4. The van der Waals surface area contributed by atoms with Crippen LogP contribution in [0.2, 0.25) is 0 Å². The van der Waals surface area contributed by atoms with Gasteiger partial charge in [0.25, 0.3) is 0 Å². The van der Waals surface area contributed by atoms with Crippen LogP contribution in [0.15, 0.2) is 48.5 Å². The van der Waals surface area contributed by atoms with Gasteiger partial charge < -0.3 is 10.4 Å². The summed E-state index contributed by atoms with van der Waals surface area (Å²) in [5, 5.41) is 9.42. The molecule has 0 bridgehead atoms. The normalized spacial score (nSPS) is 10.4. The van der Waals surface area contributed by atoms with Crippen LogP contribution < -0.4 is 5.32 Å². The van der Waals surface area contributed by atoms with Gasteiger partial charge in [-0.2, -0.15) is 0 Å². The smallest absolute Gasteiger partial charge is 0.230 e. The third-order valence-electron chi connectivity index (χ3n) is 4.72. The molecular weight excluding hydrogens is 414 g/mol. The van der Waals surface area contributed by atoms with Crippen LogP contribution in [0.5, 0.6) is 0 Å². The minimum atomic E-state index is -0.491. The fourth-order valence-corrected chi connectivity index (χ4v) is 2.75. The number of ketones is 2. The number of aryl methyl sites for hydroxylation is 1. The summed E-state index contributed by atoms with van der Waals surface area (Å²) in [4.78, 5) is 32.9. The molecule has 2 rings (SSSR count). The molecule has 5 heteroatoms. The van der Waals surface area contributed by atoms with Gasteiger partial charge in [-0.1, -0.05) is 69.3 Å². The largest absolute Gasteiger partial charge is 0.400 e. The number of carbonyl (C=O) groups excluding carboxylic acids is 3. The van der Waals surface area contributed by atoms with Gasteiger partial charge in [0.1, 0.15) is 5.78 Å². The number of allylic oxidation sites excluding steroid dienone is 1. The molecule has 0 aromatic heterocycles. The molecule has 0 aliphatic rings. The highest BCUT2D eigenvalue weighted by molar-refractivity contribution is 6.00. The zero-order valence-electron chi connectivity index (χ0n) is 21.7. The maximum absolute atomic E-state index is 11.3. The fourth-order valence-electron chi connectivity index (χ4n) is 2.75. The molecule has 0 saturated heterocycles. The molecule has 0 fully saturated rings.